The van der Waals surface area contributed by atoms with E-state index in [0.29, 0.717) is 5.69 Å². The first kappa shape index (κ1) is 11.7. The highest BCUT2D eigenvalue weighted by Gasteiger charge is 2.34. The molecule has 1 fully saturated rings. The number of anilines is 1. The molecule has 17 heavy (non-hydrogen) atoms. The second kappa shape index (κ2) is 4.22. The average molecular weight is 255 g/mol. The van der Waals surface area contributed by atoms with Gasteiger partial charge in [-0.1, -0.05) is 0 Å². The summed E-state index contributed by atoms with van der Waals surface area (Å²) in [6.07, 6.45) is -0.550. The molecule has 2 atom stereocenters. The Bertz CT molecular complexity index is 501. The van der Waals surface area contributed by atoms with Crippen LogP contribution in [0.15, 0.2) is 24.3 Å². The van der Waals surface area contributed by atoms with Crippen LogP contribution in [0.25, 0.3) is 0 Å². The van der Waals surface area contributed by atoms with E-state index in [2.05, 4.69) is 0 Å². The number of benzene rings is 1. The van der Waals surface area contributed by atoms with Gasteiger partial charge in [-0.05, 0) is 19.1 Å². The summed E-state index contributed by atoms with van der Waals surface area (Å²) in [5.74, 6) is 0.0668. The Labute approximate surface area is 99.5 Å². The second-order valence-electron chi connectivity index (χ2n) is 3.41. The number of amidine groups is 1. The van der Waals surface area contributed by atoms with Gasteiger partial charge in [-0.15, -0.1) is 0 Å². The third-order valence-electron chi connectivity index (χ3n) is 2.27. The molecule has 1 saturated heterocycles. The Morgan fingerprint density at radius 2 is 2.06 bits per heavy atom. The fourth-order valence-electron chi connectivity index (χ4n) is 1.39. The zero-order valence-electron chi connectivity index (χ0n) is 8.82. The standard InChI is InChI=1S/C9H9N3O4S/c1-6-9(10)11(17(15)16-6)7-2-4-8(5-3-7)12(13)14/h2-6,10H,1H3. The molecular weight excluding hydrogens is 246 g/mol. The fraction of sp³-hybridized carbons (Fsp3) is 0.222. The minimum Gasteiger partial charge on any atom is -0.285 e. The first-order valence-electron chi connectivity index (χ1n) is 4.72. The molecule has 1 aliphatic rings. The molecule has 7 nitrogen and oxygen atoms in total. The molecule has 1 aromatic carbocycles. The monoisotopic (exact) mass is 255 g/mol. The quantitative estimate of drug-likeness (QED) is 0.637. The predicted molar refractivity (Wildman–Crippen MR) is 62.0 cm³/mol. The summed E-state index contributed by atoms with van der Waals surface area (Å²) in [6, 6.07) is 5.46. The van der Waals surface area contributed by atoms with Gasteiger partial charge in [0, 0.05) is 12.1 Å². The van der Waals surface area contributed by atoms with Crippen molar-refractivity contribution in [3.63, 3.8) is 0 Å². The van der Waals surface area contributed by atoms with Gasteiger partial charge in [0.05, 0.1) is 10.6 Å². The van der Waals surface area contributed by atoms with E-state index in [-0.39, 0.29) is 11.5 Å². The summed E-state index contributed by atoms with van der Waals surface area (Å²) in [5, 5.41) is 18.2. The van der Waals surface area contributed by atoms with Gasteiger partial charge < -0.3 is 0 Å². The number of nitro groups is 1. The molecule has 1 aromatic rings. The van der Waals surface area contributed by atoms with Crippen molar-refractivity contribution < 1.29 is 13.3 Å². The van der Waals surface area contributed by atoms with Crippen LogP contribution in [0.3, 0.4) is 0 Å². The first-order chi connectivity index (χ1) is 8.00. The summed E-state index contributed by atoms with van der Waals surface area (Å²) < 4.78 is 17.7. The smallest absolute Gasteiger partial charge is 0.271 e. The number of non-ortho nitro benzene ring substituents is 1. The molecule has 2 unspecified atom stereocenters. The van der Waals surface area contributed by atoms with Crippen LogP contribution in [-0.4, -0.2) is 21.1 Å². The normalized spacial score (nSPS) is 24.1. The maximum absolute atomic E-state index is 11.6. The van der Waals surface area contributed by atoms with Gasteiger partial charge >= 0.3 is 0 Å². The predicted octanol–water partition coefficient (Wildman–Crippen LogP) is 1.38. The van der Waals surface area contributed by atoms with Crippen LogP contribution in [0, 0.1) is 15.5 Å². The third-order valence-corrected chi connectivity index (χ3v) is 3.43. The van der Waals surface area contributed by atoms with Crippen LogP contribution in [0.1, 0.15) is 6.92 Å². The van der Waals surface area contributed by atoms with Crippen molar-refractivity contribution >= 4 is 28.5 Å². The lowest BCUT2D eigenvalue weighted by molar-refractivity contribution is -0.384. The van der Waals surface area contributed by atoms with Crippen molar-refractivity contribution in [2.75, 3.05) is 4.31 Å². The Kier molecular flexibility index (Phi) is 2.90. The molecule has 8 heteroatoms. The maximum atomic E-state index is 11.6. The molecule has 1 heterocycles. The van der Waals surface area contributed by atoms with E-state index < -0.39 is 22.3 Å². The van der Waals surface area contributed by atoms with E-state index >= 15 is 0 Å². The largest absolute Gasteiger partial charge is 0.285 e. The van der Waals surface area contributed by atoms with Crippen LogP contribution in [0.4, 0.5) is 11.4 Å². The van der Waals surface area contributed by atoms with Gasteiger partial charge in [-0.2, -0.15) is 0 Å². The summed E-state index contributed by atoms with van der Waals surface area (Å²) >= 11 is -1.75. The van der Waals surface area contributed by atoms with Crippen LogP contribution in [0.5, 0.6) is 0 Å². The highest BCUT2D eigenvalue weighted by Crippen LogP contribution is 2.26. The molecule has 0 aliphatic carbocycles. The van der Waals surface area contributed by atoms with Gasteiger partial charge in [0.1, 0.15) is 11.9 Å². The Morgan fingerprint density at radius 3 is 2.47 bits per heavy atom. The minimum absolute atomic E-state index is 0.0563. The van der Waals surface area contributed by atoms with E-state index in [1.54, 1.807) is 6.92 Å². The lowest BCUT2D eigenvalue weighted by atomic mass is 10.2. The summed E-state index contributed by atoms with van der Waals surface area (Å²) in [4.78, 5) is 9.96. The average Bonchev–Trinajstić information content (AvgIpc) is 2.53. The summed E-state index contributed by atoms with van der Waals surface area (Å²) in [5.41, 5.74) is 0.377. The summed E-state index contributed by atoms with van der Waals surface area (Å²) in [7, 11) is 0. The van der Waals surface area contributed by atoms with Crippen molar-refractivity contribution in [1.82, 2.24) is 0 Å². The number of rotatable bonds is 2. The van der Waals surface area contributed by atoms with Crippen molar-refractivity contribution in [3.8, 4) is 0 Å². The van der Waals surface area contributed by atoms with Crippen LogP contribution in [0.2, 0.25) is 0 Å². The molecule has 0 bridgehead atoms. The van der Waals surface area contributed by atoms with Crippen molar-refractivity contribution in [2.24, 2.45) is 0 Å². The van der Waals surface area contributed by atoms with E-state index in [0.717, 1.165) is 0 Å². The van der Waals surface area contributed by atoms with Gasteiger partial charge in [-0.25, -0.2) is 8.51 Å². The molecule has 2 rings (SSSR count). The van der Waals surface area contributed by atoms with Crippen molar-refractivity contribution in [1.29, 1.82) is 5.41 Å². The van der Waals surface area contributed by atoms with E-state index in [9.17, 15) is 14.3 Å². The van der Waals surface area contributed by atoms with E-state index in [1.165, 1.54) is 28.6 Å². The number of nitrogens with one attached hydrogen (secondary N) is 1. The summed E-state index contributed by atoms with van der Waals surface area (Å²) in [6.45, 7) is 1.62. The first-order valence-corrected chi connectivity index (χ1v) is 5.76. The number of hydrogen-bond donors (Lipinski definition) is 1. The molecule has 1 aliphatic heterocycles. The Balaban J connectivity index is 2.32. The second-order valence-corrected chi connectivity index (χ2v) is 4.40. The molecule has 90 valence electrons. The third kappa shape index (κ3) is 2.04. The molecule has 0 spiro atoms. The Morgan fingerprint density at radius 1 is 1.47 bits per heavy atom. The molecule has 1 N–H and O–H groups in total. The van der Waals surface area contributed by atoms with E-state index in [1.807, 2.05) is 0 Å². The fourth-order valence-corrected chi connectivity index (χ4v) is 2.42. The van der Waals surface area contributed by atoms with Crippen LogP contribution < -0.4 is 4.31 Å². The lowest BCUT2D eigenvalue weighted by Crippen LogP contribution is -2.27. The molecule has 0 amide bonds. The van der Waals surface area contributed by atoms with Crippen molar-refractivity contribution in [3.05, 3.63) is 34.4 Å². The Hall–Kier alpha value is -1.80. The molecule has 0 saturated carbocycles. The topological polar surface area (TPSA) is 96.5 Å². The van der Waals surface area contributed by atoms with Crippen LogP contribution >= 0.6 is 0 Å². The van der Waals surface area contributed by atoms with Crippen LogP contribution in [-0.2, 0) is 15.4 Å². The highest BCUT2D eigenvalue weighted by atomic mass is 32.2. The number of nitrogens with zero attached hydrogens (tertiary/aromatic N) is 2. The van der Waals surface area contributed by atoms with Crippen molar-refractivity contribution in [2.45, 2.75) is 13.0 Å². The zero-order valence-corrected chi connectivity index (χ0v) is 9.64. The molecule has 0 radical (unpaired) electrons. The minimum atomic E-state index is -1.75. The number of nitro benzene ring substituents is 1. The van der Waals surface area contributed by atoms with Gasteiger partial charge in [-0.3, -0.25) is 19.7 Å². The SMILES string of the molecule is CC1OS(=O)N(c2ccc([N+](=O)[O-])cc2)C1=N. The lowest BCUT2D eigenvalue weighted by Gasteiger charge is -2.13. The molecular formula is C9H9N3O4S. The molecule has 0 aromatic heterocycles. The zero-order chi connectivity index (χ0) is 12.6. The van der Waals surface area contributed by atoms with Gasteiger partial charge in [0.15, 0.2) is 0 Å². The maximum Gasteiger partial charge on any atom is 0.271 e. The van der Waals surface area contributed by atoms with Gasteiger partial charge in [0.2, 0.25) is 0 Å². The van der Waals surface area contributed by atoms with E-state index in [4.69, 9.17) is 9.59 Å². The number of hydrogen-bond acceptors (Lipinski definition) is 5. The highest BCUT2D eigenvalue weighted by molar-refractivity contribution is 7.83. The van der Waals surface area contributed by atoms with Gasteiger partial charge in [0.25, 0.3) is 17.0 Å².